The Bertz CT molecular complexity index is 1260. The summed E-state index contributed by atoms with van der Waals surface area (Å²) in [5.41, 5.74) is 0.595. The third-order valence-electron chi connectivity index (χ3n) is 6.23. The second kappa shape index (κ2) is 16.0. The topological polar surface area (TPSA) is 97.3 Å². The number of carbonyl (C=O) groups excluding carboxylic acids is 1. The van der Waals surface area contributed by atoms with Crippen LogP contribution in [0.1, 0.15) is 31.7 Å². The molecule has 0 fully saturated rings. The maximum atomic E-state index is 13.7. The van der Waals surface area contributed by atoms with Gasteiger partial charge >= 0.3 is 36.4 Å². The quantitative estimate of drug-likeness (QED) is 0.133. The van der Waals surface area contributed by atoms with E-state index >= 15 is 0 Å². The Labute approximate surface area is 256 Å². The average molecular weight is 681 g/mol. The van der Waals surface area contributed by atoms with E-state index in [4.69, 9.17) is 9.47 Å². The van der Waals surface area contributed by atoms with E-state index in [2.05, 4.69) is 10.1 Å². The summed E-state index contributed by atoms with van der Waals surface area (Å²) in [5.74, 6) is -13.1. The van der Waals surface area contributed by atoms with E-state index < -0.39 is 74.0 Å². The van der Waals surface area contributed by atoms with E-state index in [1.165, 1.54) is 12.1 Å². The van der Waals surface area contributed by atoms with E-state index in [0.29, 0.717) is 5.56 Å². The molecule has 2 N–H and O–H groups in total. The van der Waals surface area contributed by atoms with Crippen molar-refractivity contribution < 1.29 is 72.8 Å². The third-order valence-corrected chi connectivity index (χ3v) is 6.23. The molecule has 0 saturated heterocycles. The molecular weight excluding hydrogens is 650 g/mol. The highest BCUT2D eigenvalue weighted by atomic mass is 19.4. The van der Waals surface area contributed by atoms with E-state index in [9.17, 15) is 58.6 Å². The Hall–Kier alpha value is -3.96. The monoisotopic (exact) mass is 680 g/mol. The molecule has 0 heterocycles. The van der Waals surface area contributed by atoms with Gasteiger partial charge in [-0.3, -0.25) is 0 Å². The summed E-state index contributed by atoms with van der Waals surface area (Å²) < 4.78 is 143. The van der Waals surface area contributed by atoms with Gasteiger partial charge in [-0.05, 0) is 61.7 Å². The van der Waals surface area contributed by atoms with Gasteiger partial charge in [0.05, 0.1) is 6.54 Å². The number of nitrogens with one attached hydrogen (secondary N) is 1. The molecular formula is C28H30F10N2O6. The van der Waals surface area contributed by atoms with Crippen LogP contribution in [0.15, 0.2) is 48.5 Å². The highest BCUT2D eigenvalue weighted by molar-refractivity contribution is 5.89. The first kappa shape index (κ1) is 38.2. The van der Waals surface area contributed by atoms with E-state index in [-0.39, 0.29) is 37.6 Å². The van der Waals surface area contributed by atoms with Crippen LogP contribution in [0.4, 0.5) is 54.4 Å². The predicted molar refractivity (Wildman–Crippen MR) is 142 cm³/mol. The summed E-state index contributed by atoms with van der Waals surface area (Å²) in [7, 11) is 0. The normalized spacial score (nSPS) is 13.2. The Balaban J connectivity index is 2.05. The fourth-order valence-corrected chi connectivity index (χ4v) is 3.90. The van der Waals surface area contributed by atoms with Crippen molar-refractivity contribution in [2.75, 3.05) is 31.6 Å². The number of benzene rings is 2. The van der Waals surface area contributed by atoms with Crippen molar-refractivity contribution in [2.24, 2.45) is 0 Å². The van der Waals surface area contributed by atoms with Gasteiger partial charge in [0.25, 0.3) is 0 Å². The molecule has 0 spiro atoms. The molecule has 0 aromatic heterocycles. The molecule has 1 unspecified atom stereocenters. The molecule has 46 heavy (non-hydrogen) atoms. The van der Waals surface area contributed by atoms with Gasteiger partial charge in [-0.15, -0.1) is 13.2 Å². The summed E-state index contributed by atoms with van der Waals surface area (Å²) in [6.07, 6.45) is -15.5. The molecule has 0 saturated carbocycles. The number of alkyl halides is 10. The summed E-state index contributed by atoms with van der Waals surface area (Å²) >= 11 is 0. The zero-order chi connectivity index (χ0) is 34.8. The number of carbonyl (C=O) groups is 2. The first-order valence-corrected chi connectivity index (χ1v) is 13.6. The number of aliphatic carboxylic acids is 1. The van der Waals surface area contributed by atoms with Gasteiger partial charge in [-0.1, -0.05) is 12.1 Å². The maximum Gasteiger partial charge on any atom is 0.573 e. The van der Waals surface area contributed by atoms with Crippen LogP contribution in [0, 0.1) is 0 Å². The molecule has 0 aliphatic rings. The van der Waals surface area contributed by atoms with Crippen LogP contribution < -0.4 is 14.8 Å². The van der Waals surface area contributed by atoms with Gasteiger partial charge in [0.15, 0.2) is 6.10 Å². The van der Waals surface area contributed by atoms with Gasteiger partial charge in [-0.25, -0.2) is 9.59 Å². The average Bonchev–Trinajstić information content (AvgIpc) is 2.94. The summed E-state index contributed by atoms with van der Waals surface area (Å²) in [6, 6.07) is 9.15. The molecule has 2 aromatic rings. The molecule has 2 aromatic carbocycles. The second-order valence-electron chi connectivity index (χ2n) is 9.70. The van der Waals surface area contributed by atoms with Gasteiger partial charge in [0.2, 0.25) is 0 Å². The first-order valence-electron chi connectivity index (χ1n) is 13.6. The van der Waals surface area contributed by atoms with Gasteiger partial charge < -0.3 is 29.5 Å². The number of urea groups is 1. The number of ether oxygens (including phenoxy) is 3. The zero-order valence-corrected chi connectivity index (χ0v) is 24.1. The lowest BCUT2D eigenvalue weighted by Gasteiger charge is -2.28. The molecule has 2 amide bonds. The van der Waals surface area contributed by atoms with E-state index in [1.54, 1.807) is 19.1 Å². The Morgan fingerprint density at radius 2 is 1.43 bits per heavy atom. The lowest BCUT2D eigenvalue weighted by molar-refractivity contribution is -0.355. The minimum atomic E-state index is -6.47. The summed E-state index contributed by atoms with van der Waals surface area (Å²) in [5, 5.41) is 11.6. The number of hydrogen-bond acceptors (Lipinski definition) is 5. The highest BCUT2D eigenvalue weighted by Gasteiger charge is 2.72. The van der Waals surface area contributed by atoms with Crippen LogP contribution in [0.2, 0.25) is 0 Å². The number of amides is 2. The Morgan fingerprint density at radius 3 is 1.96 bits per heavy atom. The highest BCUT2D eigenvalue weighted by Crippen LogP contribution is 2.48. The standard InChI is InChI=1S/C28H30F10N2O6/c1-2-44-22(23(41)42)17-18-5-9-20(10-6-18)45-16-15-40(14-4-3-13-25(29,30)26(31,32)27(33,34)35)24(43)39-19-7-11-21(12-8-19)46-28(36,37)38/h5-12,22H,2-4,13-17H2,1H3,(H,39,43)(H,41,42). The smallest absolute Gasteiger partial charge is 0.492 e. The van der Waals surface area contributed by atoms with Gasteiger partial charge in [0, 0.05) is 31.7 Å². The lowest BCUT2D eigenvalue weighted by Crippen LogP contribution is -2.51. The third kappa shape index (κ3) is 11.8. The van der Waals surface area contributed by atoms with Crippen LogP contribution in [0.25, 0.3) is 0 Å². The van der Waals surface area contributed by atoms with Gasteiger partial charge in [0.1, 0.15) is 18.1 Å². The number of halogens is 10. The summed E-state index contributed by atoms with van der Waals surface area (Å²) in [4.78, 5) is 25.1. The lowest BCUT2D eigenvalue weighted by atomic mass is 10.0. The molecule has 258 valence electrons. The minimum absolute atomic E-state index is 0.0101. The zero-order valence-electron chi connectivity index (χ0n) is 24.1. The molecule has 0 bridgehead atoms. The van der Waals surface area contributed by atoms with Crippen LogP contribution >= 0.6 is 0 Å². The number of carboxylic acid groups (broad SMARTS) is 1. The molecule has 18 heteroatoms. The fraction of sp³-hybridized carbons (Fsp3) is 0.500. The van der Waals surface area contributed by atoms with Crippen molar-refractivity contribution >= 4 is 17.7 Å². The fourth-order valence-electron chi connectivity index (χ4n) is 3.90. The maximum absolute atomic E-state index is 13.7. The van der Waals surface area contributed by atoms with E-state index in [0.717, 1.165) is 29.2 Å². The molecule has 0 aliphatic heterocycles. The molecule has 0 radical (unpaired) electrons. The number of nitrogens with zero attached hydrogens (tertiary/aromatic N) is 1. The molecule has 8 nitrogen and oxygen atoms in total. The van der Waals surface area contributed by atoms with Crippen LogP contribution in [0.3, 0.4) is 0 Å². The number of unbranched alkanes of at least 4 members (excludes halogenated alkanes) is 1. The minimum Gasteiger partial charge on any atom is -0.492 e. The van der Waals surface area contributed by atoms with Crippen molar-refractivity contribution in [2.45, 2.75) is 63.1 Å². The van der Waals surface area contributed by atoms with Crippen LogP contribution in [-0.4, -0.2) is 78.8 Å². The largest absolute Gasteiger partial charge is 0.573 e. The van der Waals surface area contributed by atoms with Crippen molar-refractivity contribution in [3.05, 3.63) is 54.1 Å². The number of carboxylic acids is 1. The van der Waals surface area contributed by atoms with Crippen molar-refractivity contribution in [1.29, 1.82) is 0 Å². The van der Waals surface area contributed by atoms with Crippen molar-refractivity contribution in [3.63, 3.8) is 0 Å². The second-order valence-corrected chi connectivity index (χ2v) is 9.70. The number of anilines is 1. The van der Waals surface area contributed by atoms with Crippen molar-refractivity contribution in [3.8, 4) is 11.5 Å². The summed E-state index contributed by atoms with van der Waals surface area (Å²) in [6.45, 7) is 0.961. The number of rotatable bonds is 17. The van der Waals surface area contributed by atoms with Gasteiger partial charge in [-0.2, -0.15) is 30.7 Å². The first-order chi connectivity index (χ1) is 21.3. The van der Waals surface area contributed by atoms with Crippen LogP contribution in [0.5, 0.6) is 11.5 Å². The van der Waals surface area contributed by atoms with Crippen molar-refractivity contribution in [1.82, 2.24) is 4.90 Å². The molecule has 2 rings (SSSR count). The Morgan fingerprint density at radius 1 is 0.848 bits per heavy atom. The van der Waals surface area contributed by atoms with Crippen LogP contribution in [-0.2, 0) is 16.0 Å². The van der Waals surface area contributed by atoms with E-state index in [1.807, 2.05) is 0 Å². The Kier molecular flexibility index (Phi) is 13.3. The SMILES string of the molecule is CCOC(Cc1ccc(OCCN(CCCCC(F)(F)C(F)(F)C(F)(F)F)C(=O)Nc2ccc(OC(F)(F)F)cc2)cc1)C(=O)O. The number of hydrogen-bond donors (Lipinski definition) is 2. The molecule has 1 atom stereocenters. The predicted octanol–water partition coefficient (Wildman–Crippen LogP) is 7.53. The molecule has 0 aliphatic carbocycles.